The quantitative estimate of drug-likeness (QED) is 0.299. The Morgan fingerprint density at radius 1 is 1.12 bits per heavy atom. The topological polar surface area (TPSA) is 113 Å². The van der Waals surface area contributed by atoms with E-state index in [1.807, 2.05) is 30.3 Å². The molecule has 4 aromatic rings. The molecule has 0 bridgehead atoms. The normalized spacial score (nSPS) is 11.0. The highest BCUT2D eigenvalue weighted by Gasteiger charge is 2.19. The lowest BCUT2D eigenvalue weighted by atomic mass is 10.2. The highest BCUT2D eigenvalue weighted by atomic mass is 32.2. The Morgan fingerprint density at radius 3 is 2.72 bits per heavy atom. The molecule has 0 saturated carbocycles. The number of rotatable bonds is 5. The average molecular weight is 371 g/mol. The summed E-state index contributed by atoms with van der Waals surface area (Å²) < 4.78 is 9.89. The van der Waals surface area contributed by atoms with Crippen molar-refractivity contribution in [3.8, 4) is 5.69 Å². The highest BCUT2D eigenvalue weighted by molar-refractivity contribution is 7.98. The minimum Gasteiger partial charge on any atom is -0.258 e. The summed E-state index contributed by atoms with van der Waals surface area (Å²) in [7, 11) is 0. The van der Waals surface area contributed by atoms with Crippen molar-refractivity contribution in [2.24, 2.45) is 0 Å². The van der Waals surface area contributed by atoms with Crippen LogP contribution in [0, 0.1) is 10.1 Å². The smallest absolute Gasteiger partial charge is 0.258 e. The Kier molecular flexibility index (Phi) is 4.07. The minimum atomic E-state index is -0.448. The van der Waals surface area contributed by atoms with E-state index in [9.17, 15) is 10.1 Å². The fourth-order valence-electron chi connectivity index (χ4n) is 2.31. The number of hydrogen-bond acceptors (Lipinski definition) is 9. The van der Waals surface area contributed by atoms with E-state index in [1.54, 1.807) is 10.7 Å². The van der Waals surface area contributed by atoms with Crippen molar-refractivity contribution >= 4 is 40.2 Å². The predicted octanol–water partition coefficient (Wildman–Crippen LogP) is 2.87. The summed E-state index contributed by atoms with van der Waals surface area (Å²) in [4.78, 5) is 10.6. The van der Waals surface area contributed by atoms with Gasteiger partial charge in [-0.3, -0.25) is 10.1 Å². The maximum Gasteiger partial charge on any atom is 0.298 e. The number of non-ortho nitro benzene ring substituents is 1. The number of tetrazole rings is 1. The zero-order chi connectivity index (χ0) is 17.2. The van der Waals surface area contributed by atoms with E-state index in [0.29, 0.717) is 21.9 Å². The van der Waals surface area contributed by atoms with Gasteiger partial charge >= 0.3 is 0 Å². The molecule has 25 heavy (non-hydrogen) atoms. The second-order valence-corrected chi connectivity index (χ2v) is 6.43. The number of nitro groups is 1. The van der Waals surface area contributed by atoms with Gasteiger partial charge in [-0.15, -0.1) is 5.10 Å². The largest absolute Gasteiger partial charge is 0.298 e. The maximum atomic E-state index is 11.1. The second kappa shape index (κ2) is 6.53. The Morgan fingerprint density at radius 2 is 1.92 bits per heavy atom. The molecule has 2 aromatic heterocycles. The summed E-state index contributed by atoms with van der Waals surface area (Å²) >= 11 is 2.39. The second-order valence-electron chi connectivity index (χ2n) is 4.96. The van der Waals surface area contributed by atoms with Gasteiger partial charge in [0, 0.05) is 11.8 Å². The van der Waals surface area contributed by atoms with Crippen molar-refractivity contribution in [1.29, 1.82) is 0 Å². The van der Waals surface area contributed by atoms with Gasteiger partial charge in [0.25, 0.3) is 5.69 Å². The van der Waals surface area contributed by atoms with E-state index in [4.69, 9.17) is 0 Å². The van der Waals surface area contributed by atoms with Gasteiger partial charge in [-0.05, 0) is 34.2 Å². The van der Waals surface area contributed by atoms with E-state index < -0.39 is 4.92 Å². The third kappa shape index (κ3) is 2.94. The van der Waals surface area contributed by atoms with Gasteiger partial charge in [-0.2, -0.15) is 13.4 Å². The van der Waals surface area contributed by atoms with Crippen LogP contribution in [0.2, 0.25) is 0 Å². The zero-order valence-electron chi connectivity index (χ0n) is 12.5. The first-order valence-corrected chi connectivity index (χ1v) is 8.81. The van der Waals surface area contributed by atoms with Crippen LogP contribution in [0.15, 0.2) is 47.6 Å². The predicted molar refractivity (Wildman–Crippen MR) is 92.8 cm³/mol. The molecule has 0 atom stereocenters. The van der Waals surface area contributed by atoms with Gasteiger partial charge < -0.3 is 0 Å². The molecule has 124 valence electrons. The van der Waals surface area contributed by atoms with Crippen LogP contribution in [0.25, 0.3) is 16.7 Å². The number of hydrogen-bond donors (Lipinski definition) is 0. The van der Waals surface area contributed by atoms with Crippen molar-refractivity contribution < 1.29 is 4.92 Å². The molecule has 0 saturated heterocycles. The first-order valence-electron chi connectivity index (χ1n) is 7.09. The van der Waals surface area contributed by atoms with Crippen molar-refractivity contribution in [2.75, 3.05) is 0 Å². The first-order chi connectivity index (χ1) is 12.2. The van der Waals surface area contributed by atoms with Crippen LogP contribution in [-0.2, 0) is 5.75 Å². The fourth-order valence-corrected chi connectivity index (χ4v) is 3.77. The number of nitro benzene ring substituents is 1. The molecule has 9 nitrogen and oxygen atoms in total. The molecule has 0 amide bonds. The van der Waals surface area contributed by atoms with Crippen LogP contribution in [0.4, 0.5) is 5.69 Å². The highest BCUT2D eigenvalue weighted by Crippen LogP contribution is 2.30. The molecular formula is C14H9N7O2S2. The van der Waals surface area contributed by atoms with Crippen molar-refractivity contribution in [3.05, 3.63) is 58.1 Å². The monoisotopic (exact) mass is 371 g/mol. The van der Waals surface area contributed by atoms with Gasteiger partial charge in [0.05, 0.1) is 22.3 Å². The number of para-hydroxylation sites is 1. The lowest BCUT2D eigenvalue weighted by Crippen LogP contribution is -1.99. The zero-order valence-corrected chi connectivity index (χ0v) is 14.1. The van der Waals surface area contributed by atoms with E-state index in [0.717, 1.165) is 23.0 Å². The van der Waals surface area contributed by atoms with E-state index in [1.165, 1.54) is 17.8 Å². The third-order valence-corrected chi connectivity index (χ3v) is 4.97. The molecular weight excluding hydrogens is 362 g/mol. The number of benzene rings is 2. The molecule has 0 aliphatic rings. The molecule has 2 aromatic carbocycles. The van der Waals surface area contributed by atoms with Crippen molar-refractivity contribution in [3.63, 3.8) is 0 Å². The standard InChI is InChI=1S/C14H9N7O2S2/c22-21(23)11-7-6-9(12-13(11)17-25-16-12)8-24-14-15-18-19-20(14)10-4-2-1-3-5-10/h1-7H,8H2. The molecule has 0 aliphatic carbocycles. The summed E-state index contributed by atoms with van der Waals surface area (Å²) in [6.07, 6.45) is 0. The number of thioether (sulfide) groups is 1. The minimum absolute atomic E-state index is 0.0355. The SMILES string of the molecule is O=[N+]([O-])c1ccc(CSc2nnnn2-c2ccccc2)c2nsnc12. The van der Waals surface area contributed by atoms with Crippen molar-refractivity contribution in [1.82, 2.24) is 29.0 Å². The van der Waals surface area contributed by atoms with Crippen LogP contribution >= 0.6 is 23.5 Å². The molecule has 2 heterocycles. The lowest BCUT2D eigenvalue weighted by Gasteiger charge is -2.04. The van der Waals surface area contributed by atoms with Gasteiger partial charge in [-0.1, -0.05) is 30.0 Å². The number of nitrogens with zero attached hydrogens (tertiary/aromatic N) is 7. The number of fused-ring (bicyclic) bond motifs is 1. The van der Waals surface area contributed by atoms with Crippen LogP contribution in [0.5, 0.6) is 0 Å². The van der Waals surface area contributed by atoms with Crippen LogP contribution in [0.3, 0.4) is 0 Å². The molecule has 0 spiro atoms. The molecule has 4 rings (SSSR count). The van der Waals surface area contributed by atoms with Crippen LogP contribution in [0.1, 0.15) is 5.56 Å². The van der Waals surface area contributed by atoms with Gasteiger partial charge in [0.15, 0.2) is 5.52 Å². The summed E-state index contributed by atoms with van der Waals surface area (Å²) in [6, 6.07) is 12.7. The summed E-state index contributed by atoms with van der Waals surface area (Å²) in [6.45, 7) is 0. The Bertz CT molecular complexity index is 1050. The molecule has 0 aliphatic heterocycles. The van der Waals surface area contributed by atoms with E-state index in [-0.39, 0.29) is 5.69 Å². The molecule has 0 N–H and O–H groups in total. The van der Waals surface area contributed by atoms with Crippen LogP contribution < -0.4 is 0 Å². The Hall–Kier alpha value is -2.92. The van der Waals surface area contributed by atoms with Crippen molar-refractivity contribution in [2.45, 2.75) is 10.9 Å². The molecule has 0 unspecified atom stereocenters. The molecule has 11 heteroatoms. The fraction of sp³-hybridized carbons (Fsp3) is 0.0714. The van der Waals surface area contributed by atoms with Crippen LogP contribution in [-0.4, -0.2) is 33.9 Å². The molecule has 0 radical (unpaired) electrons. The maximum absolute atomic E-state index is 11.1. The summed E-state index contributed by atoms with van der Waals surface area (Å²) in [5, 5.41) is 23.5. The average Bonchev–Trinajstić information content (AvgIpc) is 3.29. The van der Waals surface area contributed by atoms with Gasteiger partial charge in [0.2, 0.25) is 5.16 Å². The first kappa shape index (κ1) is 15.6. The number of aromatic nitrogens is 6. The molecule has 0 fully saturated rings. The third-order valence-electron chi connectivity index (χ3n) is 3.47. The summed E-state index contributed by atoms with van der Waals surface area (Å²) in [5.41, 5.74) is 2.54. The Balaban J connectivity index is 1.62. The summed E-state index contributed by atoms with van der Waals surface area (Å²) in [5.74, 6) is 0.521. The van der Waals surface area contributed by atoms with E-state index >= 15 is 0 Å². The van der Waals surface area contributed by atoms with Gasteiger partial charge in [-0.25, -0.2) is 0 Å². The van der Waals surface area contributed by atoms with Gasteiger partial charge in [0.1, 0.15) is 5.52 Å². The lowest BCUT2D eigenvalue weighted by molar-refractivity contribution is -0.383. The Labute approximate surface area is 149 Å². The van der Waals surface area contributed by atoms with E-state index in [2.05, 4.69) is 24.3 Å².